The molecule has 0 amide bonds. The van der Waals surface area contributed by atoms with Gasteiger partial charge in [0.2, 0.25) is 5.95 Å². The van der Waals surface area contributed by atoms with Gasteiger partial charge in [0.15, 0.2) is 11.6 Å². The van der Waals surface area contributed by atoms with Crippen molar-refractivity contribution < 1.29 is 0 Å². The van der Waals surface area contributed by atoms with Crippen molar-refractivity contribution in [1.82, 2.24) is 24.1 Å². The van der Waals surface area contributed by atoms with E-state index in [0.29, 0.717) is 17.6 Å². The van der Waals surface area contributed by atoms with E-state index in [1.54, 1.807) is 0 Å². The Morgan fingerprint density at radius 3 is 1.54 bits per heavy atom. The van der Waals surface area contributed by atoms with Crippen molar-refractivity contribution in [3.8, 4) is 45.5 Å². The molecule has 286 valence electrons. The fourth-order valence-corrected chi connectivity index (χ4v) is 9.98. The molecule has 5 nitrogen and oxygen atoms in total. The zero-order valence-corrected chi connectivity index (χ0v) is 34.3. The number of benzene rings is 7. The molecule has 0 N–H and O–H groups in total. The van der Waals surface area contributed by atoms with Crippen molar-refractivity contribution in [3.63, 3.8) is 0 Å². The molecule has 3 heterocycles. The van der Waals surface area contributed by atoms with Crippen LogP contribution in [-0.4, -0.2) is 24.1 Å². The number of nitrogens with zero attached hydrogens (tertiary/aromatic N) is 5. The second-order valence-electron chi connectivity index (χ2n) is 17.8. The molecule has 10 aromatic rings. The quantitative estimate of drug-likeness (QED) is 0.175. The number of hydrogen-bond acceptors (Lipinski definition) is 3. The summed E-state index contributed by atoms with van der Waals surface area (Å²) in [4.78, 5) is 15.7. The van der Waals surface area contributed by atoms with Crippen LogP contribution in [0.25, 0.3) is 89.2 Å². The zero-order valence-electron chi connectivity index (χ0n) is 34.3. The van der Waals surface area contributed by atoms with E-state index in [1.807, 2.05) is 24.3 Å². The van der Waals surface area contributed by atoms with Crippen LogP contribution in [0.1, 0.15) is 52.7 Å². The zero-order chi connectivity index (χ0) is 40.3. The van der Waals surface area contributed by atoms with E-state index in [0.717, 1.165) is 38.7 Å². The molecule has 0 radical (unpaired) electrons. The smallest absolute Gasteiger partial charge is 0.238 e. The minimum Gasteiger partial charge on any atom is -0.309 e. The lowest BCUT2D eigenvalue weighted by atomic mass is 9.59. The lowest BCUT2D eigenvalue weighted by Gasteiger charge is -2.44. The molecule has 0 spiro atoms. The maximum atomic E-state index is 5.31. The Bertz CT molecular complexity index is 3290. The molecule has 0 unspecified atom stereocenters. The highest BCUT2D eigenvalue weighted by atomic mass is 15.2. The van der Waals surface area contributed by atoms with E-state index < -0.39 is 0 Å². The topological polar surface area (TPSA) is 48.5 Å². The van der Waals surface area contributed by atoms with Crippen molar-refractivity contribution in [2.75, 3.05) is 0 Å². The number of para-hydroxylation sites is 2. The first-order valence-electron chi connectivity index (χ1n) is 20.6. The lowest BCUT2D eigenvalue weighted by Crippen LogP contribution is -2.42. The minimum atomic E-state index is -0.00778. The number of fused-ring (bicyclic) bond motifs is 8. The summed E-state index contributed by atoms with van der Waals surface area (Å²) in [6.45, 7) is 14.5. The van der Waals surface area contributed by atoms with Crippen molar-refractivity contribution >= 4 is 43.6 Å². The van der Waals surface area contributed by atoms with Gasteiger partial charge >= 0.3 is 0 Å². The van der Waals surface area contributed by atoms with E-state index in [1.165, 1.54) is 44.0 Å². The molecule has 59 heavy (non-hydrogen) atoms. The molecule has 0 fully saturated rings. The predicted molar refractivity (Wildman–Crippen MR) is 245 cm³/mol. The van der Waals surface area contributed by atoms with Gasteiger partial charge in [-0.2, -0.15) is 9.97 Å². The van der Waals surface area contributed by atoms with Crippen LogP contribution in [0.3, 0.4) is 0 Å². The van der Waals surface area contributed by atoms with Gasteiger partial charge in [-0.3, -0.25) is 4.57 Å². The molecular weight excluding hydrogens is 719 g/mol. The molecule has 1 aliphatic carbocycles. The first kappa shape index (κ1) is 35.3. The Labute approximate surface area is 344 Å². The second kappa shape index (κ2) is 12.6. The SMILES string of the molecule is CC1(C)c2ccc(-n3c4ccccc4c4c5c6ccccc6n(-c6nc(-c7ccccc7)nc(-c7cccc(-c8ccccc8)c7)n6)c5ccc43)cc2C(C)(C)C1(C)C. The molecule has 0 bridgehead atoms. The molecule has 0 saturated carbocycles. The monoisotopic (exact) mass is 763 g/mol. The van der Waals surface area contributed by atoms with Gasteiger partial charge in [0.05, 0.1) is 22.1 Å². The molecule has 3 aromatic heterocycles. The Morgan fingerprint density at radius 1 is 0.373 bits per heavy atom. The average Bonchev–Trinajstić information content (AvgIpc) is 3.82. The van der Waals surface area contributed by atoms with Crippen LogP contribution in [0.5, 0.6) is 0 Å². The van der Waals surface area contributed by atoms with Gasteiger partial charge in [0.1, 0.15) is 0 Å². The molecule has 0 saturated heterocycles. The van der Waals surface area contributed by atoms with Gasteiger partial charge in [0.25, 0.3) is 0 Å². The van der Waals surface area contributed by atoms with Crippen LogP contribution in [0.4, 0.5) is 0 Å². The Morgan fingerprint density at radius 2 is 0.881 bits per heavy atom. The fraction of sp³-hybridized carbons (Fsp3) is 0.167. The normalized spacial score (nSPS) is 15.4. The summed E-state index contributed by atoms with van der Waals surface area (Å²) >= 11 is 0. The molecule has 11 rings (SSSR count). The summed E-state index contributed by atoms with van der Waals surface area (Å²) in [7, 11) is 0. The van der Waals surface area contributed by atoms with E-state index >= 15 is 0 Å². The largest absolute Gasteiger partial charge is 0.309 e. The highest BCUT2D eigenvalue weighted by molar-refractivity contribution is 6.28. The van der Waals surface area contributed by atoms with Gasteiger partial charge in [-0.15, -0.1) is 0 Å². The second-order valence-corrected chi connectivity index (χ2v) is 17.8. The van der Waals surface area contributed by atoms with Gasteiger partial charge in [-0.25, -0.2) is 4.98 Å². The maximum absolute atomic E-state index is 5.31. The van der Waals surface area contributed by atoms with Crippen LogP contribution in [0.2, 0.25) is 0 Å². The first-order valence-corrected chi connectivity index (χ1v) is 20.6. The summed E-state index contributed by atoms with van der Waals surface area (Å²) in [6.07, 6.45) is 0. The Balaban J connectivity index is 1.18. The van der Waals surface area contributed by atoms with Crippen molar-refractivity contribution in [3.05, 3.63) is 175 Å². The standard InChI is InChI=1S/C54H45N5/c1-52(2)41-29-28-38(33-42(41)53(3,4)54(52,5)6)58-43-26-15-13-24-39(43)47-45(58)30-31-46-48(47)40-25-14-16-27-44(40)59(46)51-56-49(35-20-11-8-12-21-35)55-50(57-51)37-23-17-22-36(32-37)34-18-9-7-10-19-34/h7-33H,1-6H3. The molecule has 0 atom stereocenters. The molecule has 7 aromatic carbocycles. The maximum Gasteiger partial charge on any atom is 0.238 e. The minimum absolute atomic E-state index is 0.00778. The van der Waals surface area contributed by atoms with E-state index in [2.05, 4.69) is 190 Å². The summed E-state index contributed by atoms with van der Waals surface area (Å²) in [5, 5.41) is 4.78. The number of hydrogen-bond donors (Lipinski definition) is 0. The van der Waals surface area contributed by atoms with Gasteiger partial charge < -0.3 is 4.57 Å². The van der Waals surface area contributed by atoms with Crippen LogP contribution in [-0.2, 0) is 10.8 Å². The predicted octanol–water partition coefficient (Wildman–Crippen LogP) is 13.7. The Hall–Kier alpha value is -6.85. The van der Waals surface area contributed by atoms with E-state index in [4.69, 9.17) is 15.0 Å². The molecule has 1 aliphatic rings. The van der Waals surface area contributed by atoms with Crippen LogP contribution >= 0.6 is 0 Å². The van der Waals surface area contributed by atoms with Gasteiger partial charge in [0, 0.05) is 38.4 Å². The van der Waals surface area contributed by atoms with Crippen LogP contribution < -0.4 is 0 Å². The van der Waals surface area contributed by atoms with Crippen molar-refractivity contribution in [2.24, 2.45) is 5.41 Å². The van der Waals surface area contributed by atoms with E-state index in [-0.39, 0.29) is 16.2 Å². The average molecular weight is 764 g/mol. The third-order valence-corrected chi connectivity index (χ3v) is 14.3. The molecule has 0 aliphatic heterocycles. The third-order valence-electron chi connectivity index (χ3n) is 14.3. The first-order chi connectivity index (χ1) is 28.5. The highest BCUT2D eigenvalue weighted by Gasteiger charge is 2.56. The van der Waals surface area contributed by atoms with Gasteiger partial charge in [-0.1, -0.05) is 163 Å². The molecule has 5 heteroatoms. The summed E-state index contributed by atoms with van der Waals surface area (Å²) < 4.78 is 4.70. The van der Waals surface area contributed by atoms with Crippen molar-refractivity contribution in [1.29, 1.82) is 0 Å². The Kier molecular flexibility index (Phi) is 7.53. The highest BCUT2D eigenvalue weighted by Crippen LogP contribution is 2.61. The summed E-state index contributed by atoms with van der Waals surface area (Å²) in [5.41, 5.74) is 12.8. The summed E-state index contributed by atoms with van der Waals surface area (Å²) in [6, 6.07) is 58.5. The van der Waals surface area contributed by atoms with Crippen molar-refractivity contribution in [2.45, 2.75) is 52.4 Å². The molecular formula is C54H45N5. The van der Waals surface area contributed by atoms with Crippen LogP contribution in [0.15, 0.2) is 164 Å². The van der Waals surface area contributed by atoms with Crippen LogP contribution in [0, 0.1) is 5.41 Å². The number of rotatable bonds is 5. The summed E-state index contributed by atoms with van der Waals surface area (Å²) in [5.74, 6) is 1.84. The van der Waals surface area contributed by atoms with Gasteiger partial charge in [-0.05, 0) is 81.0 Å². The lowest BCUT2D eigenvalue weighted by molar-refractivity contribution is 0.125. The third kappa shape index (κ3) is 5.00. The van der Waals surface area contributed by atoms with E-state index in [9.17, 15) is 0 Å². The fourth-order valence-electron chi connectivity index (χ4n) is 9.98. The number of aromatic nitrogens is 5.